The molecule has 0 N–H and O–H groups in total. The van der Waals surface area contributed by atoms with Crippen LogP contribution in [0.25, 0.3) is 0 Å². The fourth-order valence-corrected chi connectivity index (χ4v) is 3.84. The summed E-state index contributed by atoms with van der Waals surface area (Å²) < 4.78 is 17.5. The van der Waals surface area contributed by atoms with E-state index in [0.717, 1.165) is 32.5 Å². The van der Waals surface area contributed by atoms with Crippen molar-refractivity contribution in [3.05, 3.63) is 11.8 Å². The van der Waals surface area contributed by atoms with Crippen molar-refractivity contribution in [1.29, 1.82) is 0 Å². The van der Waals surface area contributed by atoms with Gasteiger partial charge in [-0.25, -0.2) is 0 Å². The molecule has 1 saturated heterocycles. The SMILES string of the molecule is C[C@H]1CC(O[Si](C)(C)C)=C[C@@H]1CCC1(C)OCCO1. The largest absolute Gasteiger partial charge is 0.548 e. The van der Waals surface area contributed by atoms with E-state index in [-0.39, 0.29) is 5.79 Å². The lowest BCUT2D eigenvalue weighted by Gasteiger charge is -2.24. The summed E-state index contributed by atoms with van der Waals surface area (Å²) >= 11 is 0. The maximum absolute atomic E-state index is 6.13. The first-order chi connectivity index (χ1) is 8.77. The summed E-state index contributed by atoms with van der Waals surface area (Å²) in [6, 6.07) is 0. The van der Waals surface area contributed by atoms with E-state index in [1.54, 1.807) is 0 Å². The highest BCUT2D eigenvalue weighted by Crippen LogP contribution is 2.37. The normalized spacial score (nSPS) is 30.5. The van der Waals surface area contributed by atoms with E-state index in [0.29, 0.717) is 11.8 Å². The van der Waals surface area contributed by atoms with Gasteiger partial charge in [0.05, 0.1) is 19.0 Å². The molecule has 0 aromatic heterocycles. The Balaban J connectivity index is 1.86. The van der Waals surface area contributed by atoms with Crippen molar-refractivity contribution in [3.63, 3.8) is 0 Å². The summed E-state index contributed by atoms with van der Waals surface area (Å²) in [7, 11) is -1.46. The van der Waals surface area contributed by atoms with Crippen LogP contribution in [0.1, 0.15) is 33.1 Å². The van der Waals surface area contributed by atoms with Gasteiger partial charge in [-0.2, -0.15) is 0 Å². The van der Waals surface area contributed by atoms with Crippen LogP contribution in [-0.2, 0) is 13.9 Å². The molecule has 0 bridgehead atoms. The van der Waals surface area contributed by atoms with Gasteiger partial charge < -0.3 is 13.9 Å². The molecule has 0 amide bonds. The monoisotopic (exact) mass is 284 g/mol. The first kappa shape index (κ1) is 15.1. The van der Waals surface area contributed by atoms with Crippen molar-refractivity contribution in [2.75, 3.05) is 13.2 Å². The number of ether oxygens (including phenoxy) is 2. The molecule has 0 aromatic carbocycles. The molecule has 4 heteroatoms. The molecular formula is C15H28O3Si. The van der Waals surface area contributed by atoms with Crippen LogP contribution in [0.2, 0.25) is 19.6 Å². The molecule has 1 fully saturated rings. The Kier molecular flexibility index (Phi) is 4.43. The summed E-state index contributed by atoms with van der Waals surface area (Å²) in [5, 5.41) is 0. The number of hydrogen-bond donors (Lipinski definition) is 0. The van der Waals surface area contributed by atoms with Gasteiger partial charge in [0.25, 0.3) is 0 Å². The average molecular weight is 284 g/mol. The average Bonchev–Trinajstić information content (AvgIpc) is 2.81. The van der Waals surface area contributed by atoms with Crippen LogP contribution in [0.4, 0.5) is 0 Å². The minimum Gasteiger partial charge on any atom is -0.548 e. The maximum atomic E-state index is 6.13. The maximum Gasteiger partial charge on any atom is 0.241 e. The van der Waals surface area contributed by atoms with Gasteiger partial charge in [-0.15, -0.1) is 0 Å². The Bertz CT molecular complexity index is 340. The fraction of sp³-hybridized carbons (Fsp3) is 0.867. The molecule has 3 nitrogen and oxygen atoms in total. The molecule has 2 rings (SSSR count). The molecule has 2 aliphatic rings. The Hall–Kier alpha value is -0.323. The number of allylic oxidation sites excluding steroid dienone is 2. The topological polar surface area (TPSA) is 27.7 Å². The fourth-order valence-electron chi connectivity index (χ4n) is 2.91. The van der Waals surface area contributed by atoms with Gasteiger partial charge in [0.15, 0.2) is 5.79 Å². The lowest BCUT2D eigenvalue weighted by Crippen LogP contribution is -2.26. The highest BCUT2D eigenvalue weighted by atomic mass is 28.4. The van der Waals surface area contributed by atoms with Gasteiger partial charge in [0, 0.05) is 12.8 Å². The summed E-state index contributed by atoms with van der Waals surface area (Å²) in [4.78, 5) is 0. The van der Waals surface area contributed by atoms with Gasteiger partial charge in [-0.1, -0.05) is 6.92 Å². The van der Waals surface area contributed by atoms with Crippen molar-refractivity contribution in [2.24, 2.45) is 11.8 Å². The molecule has 0 saturated carbocycles. The third kappa shape index (κ3) is 4.33. The van der Waals surface area contributed by atoms with Crippen LogP contribution in [0.3, 0.4) is 0 Å². The third-order valence-electron chi connectivity index (χ3n) is 3.92. The molecule has 2 atom stereocenters. The number of rotatable bonds is 5. The van der Waals surface area contributed by atoms with E-state index in [2.05, 4.69) is 39.6 Å². The minimum absolute atomic E-state index is 0.351. The van der Waals surface area contributed by atoms with Gasteiger partial charge in [0.1, 0.15) is 0 Å². The second-order valence-electron chi connectivity index (χ2n) is 7.06. The highest BCUT2D eigenvalue weighted by Gasteiger charge is 2.34. The molecule has 0 spiro atoms. The molecule has 1 aliphatic heterocycles. The second kappa shape index (κ2) is 5.58. The van der Waals surface area contributed by atoms with Crippen LogP contribution in [0.15, 0.2) is 11.8 Å². The minimum atomic E-state index is -1.46. The van der Waals surface area contributed by atoms with E-state index in [1.807, 2.05) is 0 Å². The zero-order valence-corrected chi connectivity index (χ0v) is 14.0. The quantitative estimate of drug-likeness (QED) is 0.716. The zero-order chi connectivity index (χ0) is 14.1. The predicted molar refractivity (Wildman–Crippen MR) is 79.3 cm³/mol. The lowest BCUT2D eigenvalue weighted by molar-refractivity contribution is -0.149. The van der Waals surface area contributed by atoms with Gasteiger partial charge in [-0.3, -0.25) is 0 Å². The van der Waals surface area contributed by atoms with Crippen molar-refractivity contribution < 1.29 is 13.9 Å². The van der Waals surface area contributed by atoms with Crippen molar-refractivity contribution in [2.45, 2.75) is 58.5 Å². The molecule has 0 unspecified atom stereocenters. The first-order valence-electron chi connectivity index (χ1n) is 7.45. The van der Waals surface area contributed by atoms with Crippen LogP contribution >= 0.6 is 0 Å². The summed E-state index contributed by atoms with van der Waals surface area (Å²) in [5.74, 6) is 2.15. The molecule has 1 aliphatic carbocycles. The van der Waals surface area contributed by atoms with E-state index in [9.17, 15) is 0 Å². The van der Waals surface area contributed by atoms with E-state index in [1.165, 1.54) is 5.76 Å². The molecule has 110 valence electrons. The molecular weight excluding hydrogens is 256 g/mol. The Morgan fingerprint density at radius 1 is 1.32 bits per heavy atom. The van der Waals surface area contributed by atoms with Gasteiger partial charge in [-0.05, 0) is 50.9 Å². The smallest absolute Gasteiger partial charge is 0.241 e. The van der Waals surface area contributed by atoms with Crippen LogP contribution < -0.4 is 0 Å². The lowest BCUT2D eigenvalue weighted by atomic mass is 9.91. The Morgan fingerprint density at radius 2 is 1.95 bits per heavy atom. The Labute approximate surface area is 118 Å². The predicted octanol–water partition coefficient (Wildman–Crippen LogP) is 3.92. The zero-order valence-electron chi connectivity index (χ0n) is 13.0. The molecule has 0 aromatic rings. The van der Waals surface area contributed by atoms with Crippen LogP contribution in [0, 0.1) is 11.8 Å². The van der Waals surface area contributed by atoms with E-state index >= 15 is 0 Å². The third-order valence-corrected chi connectivity index (χ3v) is 4.80. The van der Waals surface area contributed by atoms with E-state index in [4.69, 9.17) is 13.9 Å². The standard InChI is InChI=1S/C15H28O3Si/c1-12-10-14(18-19(3,4)5)11-13(12)6-7-15(2)16-8-9-17-15/h11-13H,6-10H2,1-5H3/t12-,13-/m0/s1. The highest BCUT2D eigenvalue weighted by molar-refractivity contribution is 6.70. The summed E-state index contributed by atoms with van der Waals surface area (Å²) in [6.07, 6.45) is 5.53. The number of hydrogen-bond acceptors (Lipinski definition) is 3. The van der Waals surface area contributed by atoms with Crippen LogP contribution in [-0.4, -0.2) is 27.3 Å². The molecule has 0 radical (unpaired) electrons. The van der Waals surface area contributed by atoms with Gasteiger partial charge in [0.2, 0.25) is 8.32 Å². The molecule has 19 heavy (non-hydrogen) atoms. The van der Waals surface area contributed by atoms with Gasteiger partial charge >= 0.3 is 0 Å². The summed E-state index contributed by atoms with van der Waals surface area (Å²) in [6.45, 7) is 12.6. The van der Waals surface area contributed by atoms with Crippen LogP contribution in [0.5, 0.6) is 0 Å². The second-order valence-corrected chi connectivity index (χ2v) is 11.5. The van der Waals surface area contributed by atoms with E-state index < -0.39 is 8.32 Å². The first-order valence-corrected chi connectivity index (χ1v) is 10.9. The summed E-state index contributed by atoms with van der Waals surface area (Å²) in [5.41, 5.74) is 0. The Morgan fingerprint density at radius 3 is 2.53 bits per heavy atom. The molecule has 1 heterocycles. The van der Waals surface area contributed by atoms with Crippen molar-refractivity contribution in [1.82, 2.24) is 0 Å². The van der Waals surface area contributed by atoms with Crippen molar-refractivity contribution in [3.8, 4) is 0 Å². The van der Waals surface area contributed by atoms with Crippen molar-refractivity contribution >= 4 is 8.32 Å².